The zero-order chi connectivity index (χ0) is 17.2. The Morgan fingerprint density at radius 1 is 1.00 bits per heavy atom. The van der Waals surface area contributed by atoms with Crippen molar-refractivity contribution in [2.75, 3.05) is 5.32 Å². The number of carbonyl (C=O) groups excluding carboxylic acids is 1. The summed E-state index contributed by atoms with van der Waals surface area (Å²) in [6.07, 6.45) is 0. The lowest BCUT2D eigenvalue weighted by atomic mass is 10.0. The molecule has 4 rings (SSSR count). The molecule has 0 saturated carbocycles. The van der Waals surface area contributed by atoms with Gasteiger partial charge in [-0.1, -0.05) is 54.6 Å². The molecule has 0 aliphatic carbocycles. The van der Waals surface area contributed by atoms with E-state index in [0.717, 1.165) is 28.9 Å². The van der Waals surface area contributed by atoms with Gasteiger partial charge in [-0.2, -0.15) is 0 Å². The highest BCUT2D eigenvalue weighted by Crippen LogP contribution is 2.31. The molecule has 4 aromatic rings. The minimum absolute atomic E-state index is 0.0643. The van der Waals surface area contributed by atoms with E-state index in [1.807, 2.05) is 30.3 Å². The number of para-hydroxylation sites is 1. The molecule has 3 aromatic carbocycles. The Morgan fingerprint density at radius 3 is 2.60 bits per heavy atom. The fraction of sp³-hybridized carbons (Fsp3) is 0.0952. The van der Waals surface area contributed by atoms with Gasteiger partial charge in [0.25, 0.3) is 0 Å². The quantitative estimate of drug-likeness (QED) is 0.563. The predicted molar refractivity (Wildman–Crippen MR) is 102 cm³/mol. The Hall–Kier alpha value is -3.27. The molecule has 2 N–H and O–H groups in total. The van der Waals surface area contributed by atoms with Gasteiger partial charge < -0.3 is 5.32 Å². The van der Waals surface area contributed by atoms with Crippen LogP contribution >= 0.6 is 0 Å². The third-order valence-corrected chi connectivity index (χ3v) is 4.24. The summed E-state index contributed by atoms with van der Waals surface area (Å²) < 4.78 is 2.16. The number of nitrogens with zero attached hydrogens (tertiary/aromatic N) is 1. The molecule has 0 unspecified atom stereocenters. The van der Waals surface area contributed by atoms with Crippen molar-refractivity contribution >= 4 is 22.6 Å². The monoisotopic (exact) mass is 329 g/mol. The van der Waals surface area contributed by atoms with Crippen molar-refractivity contribution in [3.63, 3.8) is 0 Å². The zero-order valence-electron chi connectivity index (χ0n) is 14.0. The summed E-state index contributed by atoms with van der Waals surface area (Å²) in [5, 5.41) is 6.24. The molecule has 0 aliphatic rings. The summed E-state index contributed by atoms with van der Waals surface area (Å²) in [6, 6.07) is 24.6. The second-order valence-electron chi connectivity index (χ2n) is 6.15. The number of fused-ring (bicyclic) bond motifs is 1. The molecule has 0 bridgehead atoms. The molecule has 4 heteroatoms. The Labute approximate surface area is 146 Å². The number of H-pyrrole nitrogens is 1. The second-order valence-corrected chi connectivity index (χ2v) is 6.15. The second kappa shape index (κ2) is 6.32. The van der Waals surface area contributed by atoms with Gasteiger partial charge in [-0.15, -0.1) is 0 Å². The molecule has 1 aromatic heterocycles. The van der Waals surface area contributed by atoms with Crippen LogP contribution in [0.15, 0.2) is 72.8 Å². The van der Waals surface area contributed by atoms with E-state index in [1.165, 1.54) is 18.0 Å². The third-order valence-electron chi connectivity index (χ3n) is 4.24. The third kappa shape index (κ3) is 3.06. The lowest BCUT2D eigenvalue weighted by Crippen LogP contribution is -2.12. The van der Waals surface area contributed by atoms with E-state index in [0.29, 0.717) is 0 Å². The summed E-state index contributed by atoms with van der Waals surface area (Å²) in [4.78, 5) is 11.3. The molecule has 0 aliphatic heterocycles. The molecule has 124 valence electrons. The largest absolute Gasteiger partial charge is 0.326 e. The molecule has 0 spiro atoms. The van der Waals surface area contributed by atoms with Gasteiger partial charge in [0.05, 0.1) is 17.6 Å². The van der Waals surface area contributed by atoms with Crippen LogP contribution in [0.2, 0.25) is 0 Å². The number of rotatable bonds is 4. The number of carbonyl (C=O) groups is 1. The average Bonchev–Trinajstić information content (AvgIpc) is 2.60. The number of nitrogens with one attached hydrogen (secondary N) is 2. The number of hydrogen-bond donors (Lipinski definition) is 2. The van der Waals surface area contributed by atoms with E-state index in [1.54, 1.807) is 0 Å². The number of anilines is 1. The zero-order valence-corrected chi connectivity index (χ0v) is 14.0. The number of amides is 1. The smallest absolute Gasteiger partial charge is 0.221 e. The van der Waals surface area contributed by atoms with Crippen molar-refractivity contribution in [3.05, 3.63) is 78.4 Å². The number of aromatic amines is 1. The minimum atomic E-state index is -0.0643. The van der Waals surface area contributed by atoms with Crippen LogP contribution in [0.4, 0.5) is 5.69 Å². The van der Waals surface area contributed by atoms with E-state index < -0.39 is 0 Å². The summed E-state index contributed by atoms with van der Waals surface area (Å²) in [7, 11) is 0. The Balaban J connectivity index is 1.74. The summed E-state index contributed by atoms with van der Waals surface area (Å²) in [5.41, 5.74) is 6.61. The van der Waals surface area contributed by atoms with E-state index in [2.05, 4.69) is 57.6 Å². The van der Waals surface area contributed by atoms with Gasteiger partial charge in [-0.25, -0.2) is 0 Å². The molecule has 0 saturated heterocycles. The van der Waals surface area contributed by atoms with Crippen LogP contribution in [0, 0.1) is 0 Å². The Kier molecular flexibility index (Phi) is 3.86. The topological polar surface area (TPSA) is 49.8 Å². The first-order valence-corrected chi connectivity index (χ1v) is 8.30. The van der Waals surface area contributed by atoms with Crippen LogP contribution < -0.4 is 5.32 Å². The van der Waals surface area contributed by atoms with Gasteiger partial charge >= 0.3 is 0 Å². The van der Waals surface area contributed by atoms with Gasteiger partial charge in [-0.3, -0.25) is 14.6 Å². The molecular formula is C21H19N3O. The van der Waals surface area contributed by atoms with E-state index >= 15 is 0 Å². The molecule has 1 heterocycles. The molecule has 0 radical (unpaired) electrons. The molecule has 0 fully saturated rings. The van der Waals surface area contributed by atoms with E-state index in [9.17, 15) is 4.79 Å². The van der Waals surface area contributed by atoms with Crippen LogP contribution in [-0.4, -0.2) is 15.7 Å². The average molecular weight is 329 g/mol. The van der Waals surface area contributed by atoms with Crippen LogP contribution in [-0.2, 0) is 11.3 Å². The maximum absolute atomic E-state index is 11.3. The number of aromatic nitrogens is 2. The number of hydrogen-bond acceptors (Lipinski definition) is 1. The van der Waals surface area contributed by atoms with Crippen molar-refractivity contribution in [1.29, 1.82) is 0 Å². The summed E-state index contributed by atoms with van der Waals surface area (Å²) in [5.74, 6) is -0.0643. The van der Waals surface area contributed by atoms with Gasteiger partial charge in [-0.05, 0) is 29.3 Å². The Morgan fingerprint density at radius 2 is 1.80 bits per heavy atom. The van der Waals surface area contributed by atoms with Crippen molar-refractivity contribution in [3.8, 4) is 11.1 Å². The molecule has 4 nitrogen and oxygen atoms in total. The van der Waals surface area contributed by atoms with Crippen LogP contribution in [0.3, 0.4) is 0 Å². The first kappa shape index (κ1) is 15.3. The van der Waals surface area contributed by atoms with Crippen LogP contribution in [0.5, 0.6) is 0 Å². The normalized spacial score (nSPS) is 10.9. The van der Waals surface area contributed by atoms with Gasteiger partial charge in [0.2, 0.25) is 5.91 Å². The summed E-state index contributed by atoms with van der Waals surface area (Å²) >= 11 is 0. The lowest BCUT2D eigenvalue weighted by Gasteiger charge is -2.20. The van der Waals surface area contributed by atoms with E-state index in [4.69, 9.17) is 0 Å². The van der Waals surface area contributed by atoms with Gasteiger partial charge in [0.15, 0.2) is 0 Å². The SMILES string of the molecule is CC(=O)Nc1cccc(-c2cccc3[nH]n(Cc4ccccc4)c23)c1. The lowest BCUT2D eigenvalue weighted by molar-refractivity contribution is -0.114. The standard InChI is InChI=1S/C21H19N3O/c1-15(25)22-18-10-5-9-17(13-18)19-11-6-12-20-21(19)24(23-20)14-16-7-3-2-4-8-16/h2-13,23H,14H2,1H3,(H,22,25). The van der Waals surface area contributed by atoms with Crippen LogP contribution in [0.25, 0.3) is 22.2 Å². The summed E-state index contributed by atoms with van der Waals surface area (Å²) in [6.45, 7) is 2.32. The molecular weight excluding hydrogens is 310 g/mol. The van der Waals surface area contributed by atoms with Gasteiger partial charge in [0, 0.05) is 18.2 Å². The maximum atomic E-state index is 11.3. The highest BCUT2D eigenvalue weighted by molar-refractivity contribution is 5.95. The van der Waals surface area contributed by atoms with Crippen molar-refractivity contribution in [1.82, 2.24) is 9.78 Å². The predicted octanol–water partition coefficient (Wildman–Crippen LogP) is 4.64. The molecule has 25 heavy (non-hydrogen) atoms. The number of benzene rings is 3. The molecule has 1 amide bonds. The van der Waals surface area contributed by atoms with Gasteiger partial charge in [0.1, 0.15) is 0 Å². The van der Waals surface area contributed by atoms with Crippen LogP contribution in [0.1, 0.15) is 12.5 Å². The molecule has 0 atom stereocenters. The Bertz CT molecular complexity index is 1030. The highest BCUT2D eigenvalue weighted by Gasteiger charge is 2.12. The maximum Gasteiger partial charge on any atom is 0.221 e. The highest BCUT2D eigenvalue weighted by atomic mass is 16.1. The first-order valence-electron chi connectivity index (χ1n) is 8.30. The van der Waals surface area contributed by atoms with Crippen molar-refractivity contribution in [2.24, 2.45) is 0 Å². The van der Waals surface area contributed by atoms with E-state index in [-0.39, 0.29) is 5.91 Å². The fourth-order valence-corrected chi connectivity index (χ4v) is 3.16. The fourth-order valence-electron chi connectivity index (χ4n) is 3.16. The van der Waals surface area contributed by atoms with Crippen molar-refractivity contribution < 1.29 is 4.79 Å². The van der Waals surface area contributed by atoms with Crippen molar-refractivity contribution in [2.45, 2.75) is 13.5 Å². The first-order chi connectivity index (χ1) is 12.2. The minimum Gasteiger partial charge on any atom is -0.326 e.